The molecule has 14 nitrogen and oxygen atoms in total. The van der Waals surface area contributed by atoms with Crippen molar-refractivity contribution in [1.29, 1.82) is 0 Å². The minimum atomic E-state index is -1.45. The molecular weight excluding hydrogens is 510 g/mol. The number of benzene rings is 1. The highest BCUT2D eigenvalue weighted by atomic mass is 16.4. The third kappa shape index (κ3) is 8.13. The second-order valence-corrected chi connectivity index (χ2v) is 9.07. The van der Waals surface area contributed by atoms with Gasteiger partial charge in [0.15, 0.2) is 0 Å². The summed E-state index contributed by atoms with van der Waals surface area (Å²) >= 11 is 0. The van der Waals surface area contributed by atoms with Gasteiger partial charge in [0.2, 0.25) is 17.7 Å². The smallest absolute Gasteiger partial charge is 0.326 e. The van der Waals surface area contributed by atoms with Gasteiger partial charge in [-0.15, -0.1) is 0 Å². The maximum Gasteiger partial charge on any atom is 0.326 e. The van der Waals surface area contributed by atoms with E-state index in [-0.39, 0.29) is 19.3 Å². The maximum absolute atomic E-state index is 13.1. The number of carbonyl (C=O) groups is 5. The number of aromatic amines is 2. The number of hydrogen-bond donors (Lipinski definition) is 8. The molecule has 0 bridgehead atoms. The molecule has 0 aliphatic heterocycles. The molecule has 4 unspecified atom stereocenters. The number of aliphatic carboxylic acids is 2. The number of rotatable bonds is 14. The molecule has 0 radical (unpaired) electrons. The van der Waals surface area contributed by atoms with Gasteiger partial charge >= 0.3 is 11.9 Å². The van der Waals surface area contributed by atoms with Crippen molar-refractivity contribution in [3.05, 3.63) is 54.2 Å². The molecule has 0 saturated heterocycles. The number of amides is 3. The summed E-state index contributed by atoms with van der Waals surface area (Å²) in [5, 5.41) is 26.3. The van der Waals surface area contributed by atoms with Gasteiger partial charge in [-0.25, -0.2) is 9.78 Å². The summed E-state index contributed by atoms with van der Waals surface area (Å²) in [6, 6.07) is 2.81. The molecule has 0 aliphatic carbocycles. The lowest BCUT2D eigenvalue weighted by atomic mass is 10.0. The summed E-state index contributed by atoms with van der Waals surface area (Å²) in [5.74, 6) is -4.74. The first-order chi connectivity index (χ1) is 18.5. The molecular formula is C25H31N7O7. The number of fused-ring (bicyclic) bond motifs is 1. The summed E-state index contributed by atoms with van der Waals surface area (Å²) in [4.78, 5) is 70.6. The van der Waals surface area contributed by atoms with Crippen LogP contribution in [0.2, 0.25) is 0 Å². The lowest BCUT2D eigenvalue weighted by Crippen LogP contribution is -2.57. The van der Waals surface area contributed by atoms with Gasteiger partial charge in [-0.1, -0.05) is 18.2 Å². The Labute approximate surface area is 222 Å². The van der Waals surface area contributed by atoms with Crippen molar-refractivity contribution in [1.82, 2.24) is 30.9 Å². The summed E-state index contributed by atoms with van der Waals surface area (Å²) in [6.07, 6.45) is 4.09. The van der Waals surface area contributed by atoms with Crippen LogP contribution in [0.15, 0.2) is 43.0 Å². The van der Waals surface area contributed by atoms with E-state index in [1.54, 1.807) is 6.20 Å². The van der Waals surface area contributed by atoms with Crippen LogP contribution in [0.1, 0.15) is 31.0 Å². The van der Waals surface area contributed by atoms with Crippen LogP contribution in [-0.4, -0.2) is 79.0 Å². The number of imidazole rings is 1. The molecule has 39 heavy (non-hydrogen) atoms. The number of carboxylic acids is 2. The molecule has 1 aromatic carbocycles. The van der Waals surface area contributed by atoms with Gasteiger partial charge in [-0.2, -0.15) is 0 Å². The number of carbonyl (C=O) groups excluding carboxylic acids is 3. The number of nitrogens with zero attached hydrogens (tertiary/aromatic N) is 1. The van der Waals surface area contributed by atoms with Crippen LogP contribution in [0.4, 0.5) is 0 Å². The number of nitrogens with two attached hydrogens (primary N) is 1. The molecule has 9 N–H and O–H groups in total. The Balaban J connectivity index is 1.65. The third-order valence-electron chi connectivity index (χ3n) is 6.08. The van der Waals surface area contributed by atoms with E-state index in [9.17, 15) is 29.1 Å². The first-order valence-electron chi connectivity index (χ1n) is 12.2. The van der Waals surface area contributed by atoms with Gasteiger partial charge in [0.25, 0.3) is 0 Å². The van der Waals surface area contributed by atoms with Crippen molar-refractivity contribution >= 4 is 40.6 Å². The highest BCUT2D eigenvalue weighted by Crippen LogP contribution is 2.18. The van der Waals surface area contributed by atoms with Crippen molar-refractivity contribution in [3.63, 3.8) is 0 Å². The Morgan fingerprint density at radius 2 is 1.67 bits per heavy atom. The molecule has 0 aliphatic rings. The molecule has 14 heteroatoms. The maximum atomic E-state index is 13.1. The summed E-state index contributed by atoms with van der Waals surface area (Å²) in [5.41, 5.74) is 8.44. The number of aromatic nitrogens is 3. The molecule has 2 aromatic heterocycles. The van der Waals surface area contributed by atoms with E-state index in [1.807, 2.05) is 24.3 Å². The lowest BCUT2D eigenvalue weighted by molar-refractivity contribution is -0.143. The molecule has 208 valence electrons. The number of H-pyrrole nitrogens is 2. The Kier molecular flexibility index (Phi) is 9.75. The lowest BCUT2D eigenvalue weighted by Gasteiger charge is -2.23. The van der Waals surface area contributed by atoms with Gasteiger partial charge in [-0.05, 0) is 31.4 Å². The molecule has 3 rings (SSSR count). The van der Waals surface area contributed by atoms with Gasteiger partial charge in [0.05, 0.1) is 12.4 Å². The molecule has 4 atom stereocenters. The van der Waals surface area contributed by atoms with Crippen LogP contribution in [0.5, 0.6) is 0 Å². The Morgan fingerprint density at radius 3 is 2.33 bits per heavy atom. The normalized spacial score (nSPS) is 14.1. The van der Waals surface area contributed by atoms with E-state index in [0.29, 0.717) is 5.69 Å². The molecule has 3 amide bonds. The average Bonchev–Trinajstić information content (AvgIpc) is 3.55. The van der Waals surface area contributed by atoms with E-state index in [2.05, 4.69) is 30.9 Å². The van der Waals surface area contributed by atoms with Gasteiger partial charge in [0, 0.05) is 41.8 Å². The zero-order valence-electron chi connectivity index (χ0n) is 21.1. The van der Waals surface area contributed by atoms with Crippen molar-refractivity contribution in [2.75, 3.05) is 0 Å². The number of hydrogen-bond acceptors (Lipinski definition) is 7. The zero-order valence-corrected chi connectivity index (χ0v) is 21.1. The highest BCUT2D eigenvalue weighted by molar-refractivity contribution is 5.94. The van der Waals surface area contributed by atoms with Crippen LogP contribution in [0, 0.1) is 0 Å². The van der Waals surface area contributed by atoms with Crippen LogP contribution < -0.4 is 21.7 Å². The minimum absolute atomic E-state index is 0.0160. The predicted octanol–water partition coefficient (Wildman–Crippen LogP) is -0.573. The topological polar surface area (TPSA) is 232 Å². The predicted molar refractivity (Wildman–Crippen MR) is 138 cm³/mol. The van der Waals surface area contributed by atoms with Crippen LogP contribution >= 0.6 is 0 Å². The van der Waals surface area contributed by atoms with Gasteiger partial charge < -0.3 is 41.9 Å². The van der Waals surface area contributed by atoms with E-state index in [1.165, 1.54) is 19.4 Å². The molecule has 0 fully saturated rings. The summed E-state index contributed by atoms with van der Waals surface area (Å²) in [6.45, 7) is 1.33. The van der Waals surface area contributed by atoms with Gasteiger partial charge in [0.1, 0.15) is 18.1 Å². The fourth-order valence-electron chi connectivity index (χ4n) is 3.94. The number of nitrogens with one attached hydrogen (secondary N) is 5. The minimum Gasteiger partial charge on any atom is -0.481 e. The average molecular weight is 542 g/mol. The molecule has 2 heterocycles. The van der Waals surface area contributed by atoms with Gasteiger partial charge in [-0.3, -0.25) is 19.2 Å². The van der Waals surface area contributed by atoms with Crippen molar-refractivity contribution in [2.24, 2.45) is 5.73 Å². The fraction of sp³-hybridized carbons (Fsp3) is 0.360. The molecule has 3 aromatic rings. The summed E-state index contributed by atoms with van der Waals surface area (Å²) < 4.78 is 0. The Hall–Kier alpha value is -4.72. The quantitative estimate of drug-likeness (QED) is 0.130. The van der Waals surface area contributed by atoms with Crippen LogP contribution in [0.25, 0.3) is 10.9 Å². The first-order valence-corrected chi connectivity index (χ1v) is 12.2. The summed E-state index contributed by atoms with van der Waals surface area (Å²) in [7, 11) is 0. The van der Waals surface area contributed by atoms with E-state index >= 15 is 0 Å². The highest BCUT2D eigenvalue weighted by Gasteiger charge is 2.29. The van der Waals surface area contributed by atoms with Crippen molar-refractivity contribution < 1.29 is 34.2 Å². The third-order valence-corrected chi connectivity index (χ3v) is 6.08. The Bertz CT molecular complexity index is 1320. The van der Waals surface area contributed by atoms with E-state index < -0.39 is 60.2 Å². The second-order valence-electron chi connectivity index (χ2n) is 9.07. The SMILES string of the molecule is CC(NC(=O)C(Cc1cnc[nH]1)NC(=O)C(N)Cc1c[nH]c2ccccc12)C(=O)NC(CCC(=O)O)C(=O)O. The van der Waals surface area contributed by atoms with Crippen molar-refractivity contribution in [2.45, 2.75) is 56.8 Å². The number of carboxylic acid groups (broad SMARTS) is 2. The second kappa shape index (κ2) is 13.2. The first kappa shape index (κ1) is 28.8. The van der Waals surface area contributed by atoms with E-state index in [0.717, 1.165) is 16.5 Å². The zero-order chi connectivity index (χ0) is 28.5. The molecule has 0 saturated carbocycles. The largest absolute Gasteiger partial charge is 0.481 e. The molecule has 0 spiro atoms. The fourth-order valence-corrected chi connectivity index (χ4v) is 3.94. The number of para-hydroxylation sites is 1. The monoisotopic (exact) mass is 541 g/mol. The van der Waals surface area contributed by atoms with Crippen LogP contribution in [-0.2, 0) is 36.8 Å². The standard InChI is InChI=1S/C25H31N7O7/c1-13(22(35)31-19(25(38)39)6-7-21(33)34)30-24(37)20(9-15-11-27-12-29-15)32-23(36)17(26)8-14-10-28-18-5-3-2-4-16(14)18/h2-5,10-13,17,19-20,28H,6-9,26H2,1H3,(H,27,29)(H,30,37)(H,31,35)(H,32,36)(H,33,34)(H,38,39). The van der Waals surface area contributed by atoms with Crippen molar-refractivity contribution in [3.8, 4) is 0 Å². The Morgan fingerprint density at radius 1 is 0.949 bits per heavy atom. The van der Waals surface area contributed by atoms with Crippen LogP contribution in [0.3, 0.4) is 0 Å². The van der Waals surface area contributed by atoms with E-state index in [4.69, 9.17) is 10.8 Å².